The first-order chi connectivity index (χ1) is 16.6. The van der Waals surface area contributed by atoms with Gasteiger partial charge in [0.2, 0.25) is 0 Å². The zero-order valence-electron chi connectivity index (χ0n) is 18.7. The number of anilines is 1. The van der Waals surface area contributed by atoms with Gasteiger partial charge in [0, 0.05) is 28.9 Å². The maximum atomic E-state index is 12.4. The summed E-state index contributed by atoms with van der Waals surface area (Å²) < 4.78 is 11.0. The normalized spacial score (nSPS) is 11.8. The van der Waals surface area contributed by atoms with E-state index in [1.807, 2.05) is 60.7 Å². The lowest BCUT2D eigenvalue weighted by molar-refractivity contribution is -0.148. The number of hydrogen-bond acceptors (Lipinski definition) is 5. The predicted molar refractivity (Wildman–Crippen MR) is 132 cm³/mol. The number of amides is 1. The average molecular weight is 453 g/mol. The zero-order chi connectivity index (χ0) is 23.8. The second-order valence-corrected chi connectivity index (χ2v) is 7.62. The van der Waals surface area contributed by atoms with Crippen molar-refractivity contribution < 1.29 is 19.1 Å². The van der Waals surface area contributed by atoms with Crippen LogP contribution in [0, 0.1) is 0 Å². The Balaban J connectivity index is 1.28. The lowest BCUT2D eigenvalue weighted by atomic mass is 10.1. The van der Waals surface area contributed by atoms with E-state index >= 15 is 0 Å². The van der Waals surface area contributed by atoms with Crippen molar-refractivity contribution in [3.05, 3.63) is 108 Å². The third kappa shape index (κ3) is 6.07. The van der Waals surface area contributed by atoms with Crippen molar-refractivity contribution in [1.29, 1.82) is 0 Å². The van der Waals surface area contributed by atoms with Gasteiger partial charge in [-0.1, -0.05) is 54.6 Å². The van der Waals surface area contributed by atoms with Crippen molar-refractivity contribution >= 4 is 34.5 Å². The SMILES string of the molecule is C[C@H](OC(=O)/C=C/c1cccc2cccnc12)C(=O)Nc1ccc(OCc2ccccc2)cc1. The minimum Gasteiger partial charge on any atom is -0.489 e. The third-order valence-corrected chi connectivity index (χ3v) is 5.10. The second kappa shape index (κ2) is 10.9. The summed E-state index contributed by atoms with van der Waals surface area (Å²) in [5, 5.41) is 3.71. The van der Waals surface area contributed by atoms with Crippen molar-refractivity contribution in [2.45, 2.75) is 19.6 Å². The molecule has 0 aliphatic heterocycles. The topological polar surface area (TPSA) is 77.5 Å². The molecule has 4 aromatic rings. The van der Waals surface area contributed by atoms with Gasteiger partial charge in [-0.3, -0.25) is 9.78 Å². The van der Waals surface area contributed by atoms with Crippen LogP contribution >= 0.6 is 0 Å². The minimum atomic E-state index is -0.961. The van der Waals surface area contributed by atoms with Crippen LogP contribution in [0.4, 0.5) is 5.69 Å². The predicted octanol–water partition coefficient (Wildman–Crippen LogP) is 5.40. The molecule has 0 saturated heterocycles. The highest BCUT2D eigenvalue weighted by molar-refractivity contribution is 5.97. The van der Waals surface area contributed by atoms with Gasteiger partial charge in [-0.25, -0.2) is 4.79 Å². The van der Waals surface area contributed by atoms with E-state index in [0.717, 1.165) is 22.0 Å². The molecule has 1 aromatic heterocycles. The molecule has 0 fully saturated rings. The van der Waals surface area contributed by atoms with Crippen LogP contribution in [0.5, 0.6) is 5.75 Å². The molecule has 0 radical (unpaired) electrons. The van der Waals surface area contributed by atoms with Crippen molar-refractivity contribution in [2.75, 3.05) is 5.32 Å². The lowest BCUT2D eigenvalue weighted by Gasteiger charge is -2.13. The largest absolute Gasteiger partial charge is 0.489 e. The molecule has 4 rings (SSSR count). The first-order valence-electron chi connectivity index (χ1n) is 10.9. The highest BCUT2D eigenvalue weighted by Gasteiger charge is 2.16. The number of fused-ring (bicyclic) bond motifs is 1. The van der Waals surface area contributed by atoms with Gasteiger partial charge < -0.3 is 14.8 Å². The first kappa shape index (κ1) is 22.7. The number of esters is 1. The summed E-state index contributed by atoms with van der Waals surface area (Å²) in [6.45, 7) is 1.99. The molecule has 0 saturated carbocycles. The van der Waals surface area contributed by atoms with Crippen LogP contribution in [-0.4, -0.2) is 23.0 Å². The van der Waals surface area contributed by atoms with Crippen molar-refractivity contribution in [1.82, 2.24) is 4.98 Å². The van der Waals surface area contributed by atoms with Crippen LogP contribution in [-0.2, 0) is 20.9 Å². The number of aromatic nitrogens is 1. The summed E-state index contributed by atoms with van der Waals surface area (Å²) in [6.07, 6.45) is 3.67. The van der Waals surface area contributed by atoms with E-state index in [4.69, 9.17) is 9.47 Å². The van der Waals surface area contributed by atoms with E-state index in [1.165, 1.54) is 13.0 Å². The number of rotatable bonds is 8. The molecule has 6 nitrogen and oxygen atoms in total. The van der Waals surface area contributed by atoms with Crippen LogP contribution < -0.4 is 10.1 Å². The molecular formula is C28H24N2O4. The molecule has 1 heterocycles. The standard InChI is InChI=1S/C28H24N2O4/c1-20(34-26(31)17-12-23-10-5-9-22-11-6-18-29-27(22)23)28(32)30-24-13-15-25(16-14-24)33-19-21-7-3-2-4-8-21/h2-18,20H,19H2,1H3,(H,30,32)/b17-12+/t20-/m0/s1. The van der Waals surface area contributed by atoms with E-state index in [1.54, 1.807) is 36.5 Å². The molecule has 0 aliphatic rings. The summed E-state index contributed by atoms with van der Waals surface area (Å²) >= 11 is 0. The Bertz CT molecular complexity index is 1300. The second-order valence-electron chi connectivity index (χ2n) is 7.62. The van der Waals surface area contributed by atoms with Gasteiger partial charge in [-0.05, 0) is 48.9 Å². The number of nitrogens with one attached hydrogen (secondary N) is 1. The Morgan fingerprint density at radius 3 is 2.50 bits per heavy atom. The molecule has 6 heteroatoms. The van der Waals surface area contributed by atoms with Gasteiger partial charge in [0.15, 0.2) is 6.10 Å². The molecule has 34 heavy (non-hydrogen) atoms. The van der Waals surface area contributed by atoms with Crippen LogP contribution in [0.1, 0.15) is 18.1 Å². The van der Waals surface area contributed by atoms with Gasteiger partial charge in [-0.2, -0.15) is 0 Å². The molecule has 1 amide bonds. The van der Waals surface area contributed by atoms with E-state index in [2.05, 4.69) is 10.3 Å². The molecule has 170 valence electrons. The lowest BCUT2D eigenvalue weighted by Crippen LogP contribution is -2.29. The van der Waals surface area contributed by atoms with Gasteiger partial charge in [0.05, 0.1) is 5.52 Å². The molecule has 0 aliphatic carbocycles. The number of nitrogens with zero attached hydrogens (tertiary/aromatic N) is 1. The van der Waals surface area contributed by atoms with Gasteiger partial charge in [-0.15, -0.1) is 0 Å². The Hall–Kier alpha value is -4.45. The Kier molecular flexibility index (Phi) is 7.30. The number of benzene rings is 3. The maximum absolute atomic E-state index is 12.4. The Morgan fingerprint density at radius 2 is 1.71 bits per heavy atom. The van der Waals surface area contributed by atoms with Crippen LogP contribution in [0.15, 0.2) is 97.2 Å². The monoisotopic (exact) mass is 452 g/mol. The molecule has 3 aromatic carbocycles. The highest BCUT2D eigenvalue weighted by Crippen LogP contribution is 2.19. The Morgan fingerprint density at radius 1 is 0.941 bits per heavy atom. The fourth-order valence-electron chi connectivity index (χ4n) is 3.31. The van der Waals surface area contributed by atoms with Gasteiger partial charge >= 0.3 is 5.97 Å². The summed E-state index contributed by atoms with van der Waals surface area (Å²) in [4.78, 5) is 29.0. The number of ether oxygens (including phenoxy) is 2. The van der Waals surface area contributed by atoms with Crippen LogP contribution in [0.25, 0.3) is 17.0 Å². The first-order valence-corrected chi connectivity index (χ1v) is 10.9. The third-order valence-electron chi connectivity index (χ3n) is 5.10. The highest BCUT2D eigenvalue weighted by atomic mass is 16.5. The van der Waals surface area contributed by atoms with Crippen LogP contribution in [0.2, 0.25) is 0 Å². The van der Waals surface area contributed by atoms with Gasteiger partial charge in [0.25, 0.3) is 5.91 Å². The van der Waals surface area contributed by atoms with Crippen LogP contribution in [0.3, 0.4) is 0 Å². The number of carbonyl (C=O) groups is 2. The fourth-order valence-corrected chi connectivity index (χ4v) is 3.31. The molecule has 1 N–H and O–H groups in total. The number of hydrogen-bond donors (Lipinski definition) is 1. The van der Waals surface area contributed by atoms with Crippen molar-refractivity contribution in [3.63, 3.8) is 0 Å². The molecule has 0 bridgehead atoms. The number of pyridine rings is 1. The molecule has 0 unspecified atom stereocenters. The summed E-state index contributed by atoms with van der Waals surface area (Å²) in [5.74, 6) is -0.346. The summed E-state index contributed by atoms with van der Waals surface area (Å²) in [5.41, 5.74) is 3.23. The maximum Gasteiger partial charge on any atom is 0.331 e. The summed E-state index contributed by atoms with van der Waals surface area (Å²) in [6, 6.07) is 26.4. The number of para-hydroxylation sites is 1. The van der Waals surface area contributed by atoms with Gasteiger partial charge in [0.1, 0.15) is 12.4 Å². The summed E-state index contributed by atoms with van der Waals surface area (Å²) in [7, 11) is 0. The molecule has 1 atom stereocenters. The average Bonchev–Trinajstić information content (AvgIpc) is 2.87. The van der Waals surface area contributed by atoms with Crippen molar-refractivity contribution in [2.24, 2.45) is 0 Å². The smallest absolute Gasteiger partial charge is 0.331 e. The van der Waals surface area contributed by atoms with E-state index in [0.29, 0.717) is 18.0 Å². The van der Waals surface area contributed by atoms with E-state index in [9.17, 15) is 9.59 Å². The zero-order valence-corrected chi connectivity index (χ0v) is 18.7. The minimum absolute atomic E-state index is 0.425. The molecule has 0 spiro atoms. The molecular weight excluding hydrogens is 428 g/mol. The Labute approximate surface area is 197 Å². The van der Waals surface area contributed by atoms with Crippen molar-refractivity contribution in [3.8, 4) is 5.75 Å². The number of carbonyl (C=O) groups excluding carboxylic acids is 2. The van der Waals surface area contributed by atoms with E-state index in [-0.39, 0.29) is 0 Å². The fraction of sp³-hybridized carbons (Fsp3) is 0.107. The van der Waals surface area contributed by atoms with E-state index < -0.39 is 18.0 Å². The quantitative estimate of drug-likeness (QED) is 0.286.